The number of pyridine rings is 1. The third-order valence-electron chi connectivity index (χ3n) is 5.41. The van der Waals surface area contributed by atoms with E-state index in [2.05, 4.69) is 15.6 Å². The highest BCUT2D eigenvalue weighted by Gasteiger charge is 2.54. The number of para-hydroxylation sites is 1. The third kappa shape index (κ3) is 3.57. The van der Waals surface area contributed by atoms with Crippen molar-refractivity contribution >= 4 is 11.8 Å². The molecule has 2 aromatic rings. The molecule has 2 unspecified atom stereocenters. The largest absolute Gasteiger partial charge is 0.496 e. The fraction of sp³-hybridized carbons (Fsp3) is 0.381. The Bertz CT molecular complexity index is 904. The van der Waals surface area contributed by atoms with Crippen molar-refractivity contribution < 1.29 is 19.1 Å². The zero-order valence-corrected chi connectivity index (χ0v) is 15.9. The summed E-state index contributed by atoms with van der Waals surface area (Å²) >= 11 is 0. The second kappa shape index (κ2) is 7.59. The van der Waals surface area contributed by atoms with E-state index < -0.39 is 0 Å². The molecule has 1 aliphatic carbocycles. The molecule has 2 aliphatic rings. The Labute approximate surface area is 163 Å². The number of benzene rings is 1. The highest BCUT2D eigenvalue weighted by Crippen LogP contribution is 2.44. The number of aromatic nitrogens is 1. The first-order valence-electron chi connectivity index (χ1n) is 9.34. The molecule has 2 amide bonds. The van der Waals surface area contributed by atoms with Crippen LogP contribution < -0.4 is 15.4 Å². The van der Waals surface area contributed by atoms with Gasteiger partial charge in [0.05, 0.1) is 20.3 Å². The van der Waals surface area contributed by atoms with Gasteiger partial charge in [-0.25, -0.2) is 4.98 Å². The molecule has 146 valence electrons. The van der Waals surface area contributed by atoms with Crippen molar-refractivity contribution in [3.8, 4) is 5.75 Å². The van der Waals surface area contributed by atoms with Gasteiger partial charge in [0, 0.05) is 48.2 Å². The number of nitrogens with one attached hydrogen (secondary N) is 2. The normalized spacial score (nSPS) is 22.3. The fourth-order valence-corrected chi connectivity index (χ4v) is 3.79. The van der Waals surface area contributed by atoms with Crippen molar-refractivity contribution in [3.05, 3.63) is 58.9 Å². The summed E-state index contributed by atoms with van der Waals surface area (Å²) in [7, 11) is 3.16. The average Bonchev–Trinajstić information content (AvgIpc) is 3.13. The number of rotatable bonds is 6. The molecule has 7 heteroatoms. The number of amides is 2. The third-order valence-corrected chi connectivity index (χ3v) is 5.41. The Kier molecular flexibility index (Phi) is 5.00. The molecule has 0 radical (unpaired) electrons. The van der Waals surface area contributed by atoms with Crippen LogP contribution in [0.2, 0.25) is 0 Å². The summed E-state index contributed by atoms with van der Waals surface area (Å²) in [6.07, 6.45) is 0.456. The lowest BCUT2D eigenvalue weighted by Gasteiger charge is -2.12. The minimum atomic E-state index is -0.326. The molecule has 1 saturated carbocycles. The van der Waals surface area contributed by atoms with Gasteiger partial charge in [-0.1, -0.05) is 18.2 Å². The summed E-state index contributed by atoms with van der Waals surface area (Å²) in [4.78, 5) is 29.4. The number of carbonyl (C=O) groups excluding carboxylic acids is 2. The van der Waals surface area contributed by atoms with Crippen LogP contribution in [-0.4, -0.2) is 50.2 Å². The van der Waals surface area contributed by atoms with E-state index in [1.807, 2.05) is 24.3 Å². The summed E-state index contributed by atoms with van der Waals surface area (Å²) in [5, 5.41) is 5.64. The molecule has 0 bridgehead atoms. The second-order valence-corrected chi connectivity index (χ2v) is 7.16. The Balaban J connectivity index is 1.59. The van der Waals surface area contributed by atoms with Crippen molar-refractivity contribution in [2.45, 2.75) is 12.5 Å². The zero-order valence-electron chi connectivity index (χ0n) is 15.9. The lowest BCUT2D eigenvalue weighted by Crippen LogP contribution is -2.30. The minimum absolute atomic E-state index is 0.163. The number of hydrogen-bond acceptors (Lipinski definition) is 5. The van der Waals surface area contributed by atoms with E-state index in [1.54, 1.807) is 20.2 Å². The van der Waals surface area contributed by atoms with Gasteiger partial charge >= 0.3 is 0 Å². The van der Waals surface area contributed by atoms with Gasteiger partial charge < -0.3 is 20.1 Å². The first kappa shape index (κ1) is 18.4. The van der Waals surface area contributed by atoms with Crippen molar-refractivity contribution in [3.63, 3.8) is 0 Å². The standard InChI is InChI=1S/C21H23N3O4/c1-22-21(26)17-9-13(20(25)24-19-15-10-28-11-16(15)19)8-14(23-17)7-12-5-3-4-6-18(12)27-2/h3-6,8-9,15-16,19H,7,10-11H2,1-2H3,(H,22,26)(H,24,25). The molecular weight excluding hydrogens is 358 g/mol. The maximum atomic E-state index is 12.8. The van der Waals surface area contributed by atoms with Gasteiger partial charge in [0.1, 0.15) is 11.4 Å². The van der Waals surface area contributed by atoms with Crippen LogP contribution in [0.1, 0.15) is 32.1 Å². The molecule has 1 aromatic carbocycles. The van der Waals surface area contributed by atoms with E-state index in [0.29, 0.717) is 42.7 Å². The summed E-state index contributed by atoms with van der Waals surface area (Å²) in [6, 6.07) is 11.1. The van der Waals surface area contributed by atoms with E-state index in [1.165, 1.54) is 6.07 Å². The molecule has 2 N–H and O–H groups in total. The van der Waals surface area contributed by atoms with Gasteiger partial charge in [0.2, 0.25) is 0 Å². The molecule has 4 rings (SSSR count). The molecule has 2 fully saturated rings. The molecule has 28 heavy (non-hydrogen) atoms. The predicted octanol–water partition coefficient (Wildman–Crippen LogP) is 1.42. The van der Waals surface area contributed by atoms with Crippen LogP contribution in [0.5, 0.6) is 5.75 Å². The zero-order chi connectivity index (χ0) is 19.7. The summed E-state index contributed by atoms with van der Waals surface area (Å²) in [5.74, 6) is 1.06. The smallest absolute Gasteiger partial charge is 0.269 e. The van der Waals surface area contributed by atoms with Gasteiger partial charge in [0.25, 0.3) is 11.8 Å². The molecule has 7 nitrogen and oxygen atoms in total. The predicted molar refractivity (Wildman–Crippen MR) is 102 cm³/mol. The highest BCUT2D eigenvalue weighted by atomic mass is 16.5. The van der Waals surface area contributed by atoms with Crippen LogP contribution in [-0.2, 0) is 11.2 Å². The second-order valence-electron chi connectivity index (χ2n) is 7.16. The van der Waals surface area contributed by atoms with E-state index in [-0.39, 0.29) is 23.6 Å². The number of fused-ring (bicyclic) bond motifs is 1. The topological polar surface area (TPSA) is 89.6 Å². The van der Waals surface area contributed by atoms with Crippen LogP contribution in [0.3, 0.4) is 0 Å². The molecule has 1 saturated heterocycles. The minimum Gasteiger partial charge on any atom is -0.496 e. The van der Waals surface area contributed by atoms with Crippen LogP contribution in [0.4, 0.5) is 0 Å². The van der Waals surface area contributed by atoms with E-state index >= 15 is 0 Å². The van der Waals surface area contributed by atoms with E-state index in [4.69, 9.17) is 9.47 Å². The Morgan fingerprint density at radius 3 is 2.64 bits per heavy atom. The van der Waals surface area contributed by atoms with Crippen LogP contribution in [0.15, 0.2) is 36.4 Å². The molecule has 1 aliphatic heterocycles. The van der Waals surface area contributed by atoms with Crippen LogP contribution in [0.25, 0.3) is 0 Å². The maximum Gasteiger partial charge on any atom is 0.269 e. The average molecular weight is 381 g/mol. The van der Waals surface area contributed by atoms with Gasteiger partial charge in [-0.2, -0.15) is 0 Å². The highest BCUT2D eigenvalue weighted by molar-refractivity contribution is 5.98. The van der Waals surface area contributed by atoms with E-state index in [0.717, 1.165) is 11.3 Å². The molecule has 2 heterocycles. The first-order valence-corrected chi connectivity index (χ1v) is 9.34. The molecular formula is C21H23N3O4. The van der Waals surface area contributed by atoms with Gasteiger partial charge in [-0.3, -0.25) is 9.59 Å². The number of methoxy groups -OCH3 is 1. The fourth-order valence-electron chi connectivity index (χ4n) is 3.79. The van der Waals surface area contributed by atoms with E-state index in [9.17, 15) is 9.59 Å². The van der Waals surface area contributed by atoms with Gasteiger partial charge in [-0.15, -0.1) is 0 Å². The Hall–Kier alpha value is -2.93. The van der Waals surface area contributed by atoms with Crippen LogP contribution >= 0.6 is 0 Å². The molecule has 2 atom stereocenters. The lowest BCUT2D eigenvalue weighted by atomic mass is 10.1. The SMILES string of the molecule is CNC(=O)c1cc(C(=O)NC2C3COCC32)cc(Cc2ccccc2OC)n1. The van der Waals surface area contributed by atoms with Crippen LogP contribution in [0, 0.1) is 11.8 Å². The quantitative estimate of drug-likeness (QED) is 0.790. The van der Waals surface area contributed by atoms with Gasteiger partial charge in [-0.05, 0) is 18.2 Å². The number of hydrogen-bond donors (Lipinski definition) is 2. The number of carbonyl (C=O) groups is 2. The molecule has 1 aromatic heterocycles. The number of ether oxygens (including phenoxy) is 2. The van der Waals surface area contributed by atoms with Crippen molar-refractivity contribution in [2.24, 2.45) is 11.8 Å². The summed E-state index contributed by atoms with van der Waals surface area (Å²) < 4.78 is 10.8. The molecule has 0 spiro atoms. The van der Waals surface area contributed by atoms with Gasteiger partial charge in [0.15, 0.2) is 0 Å². The van der Waals surface area contributed by atoms with Crippen molar-refractivity contribution in [2.75, 3.05) is 27.4 Å². The summed E-state index contributed by atoms with van der Waals surface area (Å²) in [5.41, 5.74) is 2.23. The first-order chi connectivity index (χ1) is 13.6. The van der Waals surface area contributed by atoms with Crippen molar-refractivity contribution in [1.29, 1.82) is 0 Å². The van der Waals surface area contributed by atoms with Crippen molar-refractivity contribution in [1.82, 2.24) is 15.6 Å². The summed E-state index contributed by atoms with van der Waals surface area (Å²) in [6.45, 7) is 1.41. The maximum absolute atomic E-state index is 12.8. The number of nitrogens with zero attached hydrogens (tertiary/aromatic N) is 1. The Morgan fingerprint density at radius 2 is 1.93 bits per heavy atom. The lowest BCUT2D eigenvalue weighted by molar-refractivity contribution is 0.0928. The monoisotopic (exact) mass is 381 g/mol. The Morgan fingerprint density at radius 1 is 1.18 bits per heavy atom.